The Kier molecular flexibility index (Phi) is 4.93. The average Bonchev–Trinajstić information content (AvgIpc) is 3.04. The van der Waals surface area contributed by atoms with Crippen molar-refractivity contribution < 1.29 is 14.3 Å². The second-order valence-corrected chi connectivity index (χ2v) is 5.43. The summed E-state index contributed by atoms with van der Waals surface area (Å²) in [4.78, 5) is 28.6. The van der Waals surface area contributed by atoms with Gasteiger partial charge in [-0.05, 0) is 36.4 Å². The first-order valence-electron chi connectivity index (χ1n) is 7.78. The minimum absolute atomic E-state index is 0.247. The number of hydrogen-bond donors (Lipinski definition) is 2. The predicted octanol–water partition coefficient (Wildman–Crippen LogP) is 2.33. The normalized spacial score (nSPS) is 10.2. The number of aryl methyl sites for hydroxylation is 1. The zero-order chi connectivity index (χ0) is 18.5. The van der Waals surface area contributed by atoms with E-state index in [0.29, 0.717) is 22.6 Å². The molecule has 3 aromatic rings. The maximum absolute atomic E-state index is 12.3. The Hall–Kier alpha value is -3.68. The molecule has 1 aromatic carbocycles. The van der Waals surface area contributed by atoms with Crippen molar-refractivity contribution in [3.05, 3.63) is 66.0 Å². The molecule has 0 saturated heterocycles. The van der Waals surface area contributed by atoms with Crippen molar-refractivity contribution in [3.8, 4) is 5.88 Å². The largest absolute Gasteiger partial charge is 0.479 e. The lowest BCUT2D eigenvalue weighted by Crippen LogP contribution is -2.14. The van der Waals surface area contributed by atoms with E-state index in [1.807, 2.05) is 0 Å². The van der Waals surface area contributed by atoms with Crippen molar-refractivity contribution in [1.82, 2.24) is 14.8 Å². The van der Waals surface area contributed by atoms with Gasteiger partial charge in [0.1, 0.15) is 11.4 Å². The van der Waals surface area contributed by atoms with Crippen LogP contribution in [0.5, 0.6) is 5.88 Å². The molecule has 2 N–H and O–H groups in total. The third-order valence-electron chi connectivity index (χ3n) is 3.54. The van der Waals surface area contributed by atoms with Crippen molar-refractivity contribution >= 4 is 23.3 Å². The van der Waals surface area contributed by atoms with E-state index in [-0.39, 0.29) is 17.7 Å². The summed E-state index contributed by atoms with van der Waals surface area (Å²) in [6, 6.07) is 11.8. The molecule has 2 amide bonds. The van der Waals surface area contributed by atoms with Gasteiger partial charge in [0.25, 0.3) is 11.8 Å². The minimum Gasteiger partial charge on any atom is -0.479 e. The first-order chi connectivity index (χ1) is 12.6. The van der Waals surface area contributed by atoms with Crippen LogP contribution < -0.4 is 15.4 Å². The number of carbonyl (C=O) groups is 2. The highest BCUT2D eigenvalue weighted by Crippen LogP contribution is 2.18. The molecular formula is C18H17N5O3. The maximum Gasteiger partial charge on any atom is 0.262 e. The number of aromatic nitrogens is 3. The molecule has 0 aliphatic rings. The van der Waals surface area contributed by atoms with Crippen LogP contribution in [0.1, 0.15) is 20.7 Å². The van der Waals surface area contributed by atoms with Gasteiger partial charge in [-0.3, -0.25) is 14.3 Å². The van der Waals surface area contributed by atoms with Crippen LogP contribution in [0.25, 0.3) is 0 Å². The maximum atomic E-state index is 12.3. The van der Waals surface area contributed by atoms with Gasteiger partial charge in [-0.1, -0.05) is 6.07 Å². The summed E-state index contributed by atoms with van der Waals surface area (Å²) in [6.45, 7) is 0. The first kappa shape index (κ1) is 17.2. The zero-order valence-corrected chi connectivity index (χ0v) is 14.3. The molecule has 2 aromatic heterocycles. The van der Waals surface area contributed by atoms with Crippen molar-refractivity contribution in [2.24, 2.45) is 7.05 Å². The van der Waals surface area contributed by atoms with E-state index < -0.39 is 0 Å². The zero-order valence-electron chi connectivity index (χ0n) is 14.3. The number of carbonyl (C=O) groups excluding carboxylic acids is 2. The Morgan fingerprint density at radius 1 is 1.04 bits per heavy atom. The fraction of sp³-hybridized carbons (Fsp3) is 0.111. The Morgan fingerprint density at radius 3 is 2.46 bits per heavy atom. The third-order valence-corrected chi connectivity index (χ3v) is 3.54. The highest BCUT2D eigenvalue weighted by molar-refractivity contribution is 6.07. The van der Waals surface area contributed by atoms with Gasteiger partial charge in [-0.15, -0.1) is 5.10 Å². The lowest BCUT2D eigenvalue weighted by molar-refractivity contribution is 0.101. The summed E-state index contributed by atoms with van der Waals surface area (Å²) < 4.78 is 6.58. The Morgan fingerprint density at radius 2 is 1.81 bits per heavy atom. The third kappa shape index (κ3) is 3.86. The van der Waals surface area contributed by atoms with E-state index in [0.717, 1.165) is 0 Å². The van der Waals surface area contributed by atoms with Crippen LogP contribution in [0.2, 0.25) is 0 Å². The van der Waals surface area contributed by atoms with Gasteiger partial charge in [0.05, 0.1) is 7.11 Å². The molecule has 0 atom stereocenters. The smallest absolute Gasteiger partial charge is 0.262 e. The van der Waals surface area contributed by atoms with E-state index in [4.69, 9.17) is 4.74 Å². The number of pyridine rings is 1. The van der Waals surface area contributed by atoms with Gasteiger partial charge in [-0.25, -0.2) is 4.98 Å². The Labute approximate surface area is 149 Å². The standard InChI is InChI=1S/C18H17N5O3/c1-23-11-14(18(22-23)26-2)17(25)20-13-8-6-12(7-9-13)16(24)21-15-5-3-4-10-19-15/h3-11H,1-2H3,(H,20,25)(H,19,21,24). The highest BCUT2D eigenvalue weighted by atomic mass is 16.5. The molecule has 0 bridgehead atoms. The number of nitrogens with zero attached hydrogens (tertiary/aromatic N) is 3. The van der Waals surface area contributed by atoms with Gasteiger partial charge in [-0.2, -0.15) is 0 Å². The van der Waals surface area contributed by atoms with Crippen LogP contribution in [0.3, 0.4) is 0 Å². The molecule has 2 heterocycles. The topological polar surface area (TPSA) is 98.1 Å². The number of methoxy groups -OCH3 is 1. The van der Waals surface area contributed by atoms with Gasteiger partial charge >= 0.3 is 0 Å². The van der Waals surface area contributed by atoms with E-state index >= 15 is 0 Å². The molecule has 26 heavy (non-hydrogen) atoms. The van der Waals surface area contributed by atoms with E-state index in [1.54, 1.807) is 61.9 Å². The van der Waals surface area contributed by atoms with Crippen molar-refractivity contribution in [2.75, 3.05) is 17.7 Å². The molecule has 0 radical (unpaired) electrons. The number of amides is 2. The number of nitrogens with one attached hydrogen (secondary N) is 2. The van der Waals surface area contributed by atoms with Crippen molar-refractivity contribution in [2.45, 2.75) is 0 Å². The Balaban J connectivity index is 1.67. The molecular weight excluding hydrogens is 334 g/mol. The molecule has 8 heteroatoms. The van der Waals surface area contributed by atoms with Crippen LogP contribution in [0, 0.1) is 0 Å². The molecule has 0 fully saturated rings. The number of rotatable bonds is 5. The van der Waals surface area contributed by atoms with Crippen LogP contribution >= 0.6 is 0 Å². The number of anilines is 2. The van der Waals surface area contributed by atoms with Crippen molar-refractivity contribution in [3.63, 3.8) is 0 Å². The molecule has 0 aliphatic heterocycles. The number of hydrogen-bond acceptors (Lipinski definition) is 5. The van der Waals surface area contributed by atoms with Crippen LogP contribution in [0.15, 0.2) is 54.9 Å². The number of benzene rings is 1. The second-order valence-electron chi connectivity index (χ2n) is 5.43. The quantitative estimate of drug-likeness (QED) is 0.735. The molecule has 0 saturated carbocycles. The average molecular weight is 351 g/mol. The summed E-state index contributed by atoms with van der Waals surface area (Å²) in [5.74, 6) is 0.0889. The first-order valence-corrected chi connectivity index (χ1v) is 7.78. The van der Waals surface area contributed by atoms with Crippen molar-refractivity contribution in [1.29, 1.82) is 0 Å². The predicted molar refractivity (Wildman–Crippen MR) is 96.3 cm³/mol. The molecule has 0 unspecified atom stereocenters. The van der Waals surface area contributed by atoms with Gasteiger partial charge in [0.15, 0.2) is 0 Å². The summed E-state index contributed by atoms with van der Waals surface area (Å²) >= 11 is 0. The second kappa shape index (κ2) is 7.47. The molecule has 0 spiro atoms. The Bertz CT molecular complexity index is 920. The molecule has 132 valence electrons. The lowest BCUT2D eigenvalue weighted by Gasteiger charge is -2.07. The van der Waals surface area contributed by atoms with Gasteiger partial charge in [0, 0.05) is 30.7 Å². The molecule has 3 rings (SSSR count). The van der Waals surface area contributed by atoms with E-state index in [2.05, 4.69) is 20.7 Å². The van der Waals surface area contributed by atoms with Crippen LogP contribution in [0.4, 0.5) is 11.5 Å². The minimum atomic E-state index is -0.347. The van der Waals surface area contributed by atoms with Gasteiger partial charge in [0.2, 0.25) is 5.88 Å². The van der Waals surface area contributed by atoms with E-state index in [1.165, 1.54) is 11.8 Å². The SMILES string of the molecule is COc1nn(C)cc1C(=O)Nc1ccc(C(=O)Nc2ccccn2)cc1. The summed E-state index contributed by atoms with van der Waals surface area (Å²) in [7, 11) is 3.16. The molecule has 0 aliphatic carbocycles. The summed E-state index contributed by atoms with van der Waals surface area (Å²) in [5.41, 5.74) is 1.33. The summed E-state index contributed by atoms with van der Waals surface area (Å²) in [5, 5.41) is 9.49. The van der Waals surface area contributed by atoms with E-state index in [9.17, 15) is 9.59 Å². The van der Waals surface area contributed by atoms with Crippen LogP contribution in [-0.2, 0) is 7.05 Å². The van der Waals surface area contributed by atoms with Crippen LogP contribution in [-0.4, -0.2) is 33.7 Å². The summed E-state index contributed by atoms with van der Waals surface area (Å²) in [6.07, 6.45) is 3.17. The fourth-order valence-corrected chi connectivity index (χ4v) is 2.30. The highest BCUT2D eigenvalue weighted by Gasteiger charge is 2.16. The monoisotopic (exact) mass is 351 g/mol. The van der Waals surface area contributed by atoms with Gasteiger partial charge < -0.3 is 15.4 Å². The fourth-order valence-electron chi connectivity index (χ4n) is 2.30. The molecule has 8 nitrogen and oxygen atoms in total. The number of ether oxygens (including phenoxy) is 1. The lowest BCUT2D eigenvalue weighted by atomic mass is 10.2.